The number of sulfonamides is 1. The number of ether oxygens (including phenoxy) is 1. The molecule has 35 heavy (non-hydrogen) atoms. The van der Waals surface area contributed by atoms with Gasteiger partial charge in [-0.1, -0.05) is 11.6 Å². The van der Waals surface area contributed by atoms with Gasteiger partial charge < -0.3 is 20.1 Å². The molecular formula is C21H23ClF3N3O6S. The third-order valence-electron chi connectivity index (χ3n) is 4.85. The Hall–Kier alpha value is -2.87. The lowest BCUT2D eigenvalue weighted by molar-refractivity contribution is -0.242. The van der Waals surface area contributed by atoms with Gasteiger partial charge in [-0.2, -0.15) is 13.2 Å². The summed E-state index contributed by atoms with van der Waals surface area (Å²) in [5.41, 5.74) is -3.56. The van der Waals surface area contributed by atoms with Crippen LogP contribution in [0.2, 0.25) is 5.02 Å². The highest BCUT2D eigenvalue weighted by Crippen LogP contribution is 2.33. The van der Waals surface area contributed by atoms with Crippen LogP contribution in [0, 0.1) is 0 Å². The van der Waals surface area contributed by atoms with Crippen LogP contribution in [0.5, 0.6) is 0 Å². The summed E-state index contributed by atoms with van der Waals surface area (Å²) in [4.78, 5) is 25.3. The Morgan fingerprint density at radius 2 is 1.74 bits per heavy atom. The van der Waals surface area contributed by atoms with E-state index in [9.17, 15) is 36.3 Å². The minimum absolute atomic E-state index is 0.135. The Balaban J connectivity index is 2.15. The van der Waals surface area contributed by atoms with Gasteiger partial charge in [-0.05, 0) is 49.4 Å². The van der Waals surface area contributed by atoms with E-state index in [1.54, 1.807) is 7.05 Å². The van der Waals surface area contributed by atoms with Crippen molar-refractivity contribution in [3.63, 3.8) is 0 Å². The molecule has 1 atom stereocenters. The van der Waals surface area contributed by atoms with E-state index in [1.807, 2.05) is 5.32 Å². The molecule has 0 bridgehead atoms. The van der Waals surface area contributed by atoms with Gasteiger partial charge in [-0.15, -0.1) is 0 Å². The maximum atomic E-state index is 12.8. The summed E-state index contributed by atoms with van der Waals surface area (Å²) in [6, 6.07) is 8.54. The van der Waals surface area contributed by atoms with Gasteiger partial charge in [-0.3, -0.25) is 14.3 Å². The summed E-state index contributed by atoms with van der Waals surface area (Å²) >= 11 is 5.95. The van der Waals surface area contributed by atoms with Crippen LogP contribution >= 0.6 is 11.6 Å². The third-order valence-corrected chi connectivity index (χ3v) is 6.55. The summed E-state index contributed by atoms with van der Waals surface area (Å²) in [6.07, 6.45) is -5.24. The van der Waals surface area contributed by atoms with Crippen LogP contribution in [0.25, 0.3) is 0 Å². The summed E-state index contributed by atoms with van der Waals surface area (Å²) in [6.45, 7) is 0.997. The second-order valence-electron chi connectivity index (χ2n) is 7.57. The molecule has 192 valence electrons. The van der Waals surface area contributed by atoms with Gasteiger partial charge in [-0.25, -0.2) is 8.42 Å². The normalized spacial score (nSPS) is 13.6. The minimum Gasteiger partial charge on any atom is -0.383 e. The molecule has 1 unspecified atom stereocenters. The average Bonchev–Trinajstić information content (AvgIpc) is 2.77. The van der Waals surface area contributed by atoms with Crippen LogP contribution in [0.4, 0.5) is 24.5 Å². The fourth-order valence-corrected chi connectivity index (χ4v) is 3.96. The van der Waals surface area contributed by atoms with E-state index in [0.717, 1.165) is 18.2 Å². The van der Waals surface area contributed by atoms with E-state index >= 15 is 0 Å². The number of aliphatic hydroxyl groups is 1. The number of rotatable bonds is 9. The molecule has 2 aromatic rings. The lowest BCUT2D eigenvalue weighted by atomic mass is 10.1. The van der Waals surface area contributed by atoms with Crippen LogP contribution in [0.3, 0.4) is 0 Å². The molecule has 0 aliphatic carbocycles. The first-order valence-corrected chi connectivity index (χ1v) is 11.7. The number of hydrogen-bond acceptors (Lipinski definition) is 6. The third kappa shape index (κ3) is 6.84. The van der Waals surface area contributed by atoms with Gasteiger partial charge in [0.25, 0.3) is 21.8 Å². The van der Waals surface area contributed by atoms with Crippen molar-refractivity contribution < 1.29 is 41.0 Å². The van der Waals surface area contributed by atoms with Crippen molar-refractivity contribution in [2.24, 2.45) is 0 Å². The van der Waals surface area contributed by atoms with Crippen molar-refractivity contribution in [1.29, 1.82) is 0 Å². The number of anilines is 2. The van der Waals surface area contributed by atoms with Crippen LogP contribution in [-0.4, -0.2) is 69.3 Å². The number of hydrogen-bond donors (Lipinski definition) is 3. The smallest absolute Gasteiger partial charge is 0.383 e. The maximum absolute atomic E-state index is 12.8. The summed E-state index contributed by atoms with van der Waals surface area (Å²) < 4.78 is 71.0. The zero-order valence-electron chi connectivity index (χ0n) is 18.8. The molecule has 0 aromatic heterocycles. The number of halogens is 4. The average molecular weight is 538 g/mol. The monoisotopic (exact) mass is 537 g/mol. The highest BCUT2D eigenvalue weighted by Gasteiger charge is 2.55. The van der Waals surface area contributed by atoms with Crippen molar-refractivity contribution in [1.82, 2.24) is 4.90 Å². The van der Waals surface area contributed by atoms with Gasteiger partial charge in [0.1, 0.15) is 0 Å². The number of methoxy groups -OCH3 is 1. The molecular weight excluding hydrogens is 515 g/mol. The number of likely N-dealkylation sites (N-methyl/N-ethyl adjacent to an activating group) is 1. The molecule has 14 heteroatoms. The Kier molecular flexibility index (Phi) is 8.76. The Bertz CT molecular complexity index is 1190. The number of carbonyl (C=O) groups is 2. The first kappa shape index (κ1) is 28.4. The molecule has 9 nitrogen and oxygen atoms in total. The molecule has 0 heterocycles. The zero-order valence-corrected chi connectivity index (χ0v) is 20.4. The Labute approximate surface area is 204 Å². The number of nitrogens with one attached hydrogen (secondary N) is 2. The lowest BCUT2D eigenvalue weighted by Crippen LogP contribution is -2.52. The highest BCUT2D eigenvalue weighted by molar-refractivity contribution is 7.92. The quantitative estimate of drug-likeness (QED) is 0.451. The summed E-state index contributed by atoms with van der Waals surface area (Å²) in [5.74, 6) is -2.08. The predicted octanol–water partition coefficient (Wildman–Crippen LogP) is 3.11. The first-order chi connectivity index (χ1) is 16.1. The molecule has 0 spiro atoms. The van der Waals surface area contributed by atoms with Crippen molar-refractivity contribution in [3.05, 3.63) is 53.1 Å². The van der Waals surface area contributed by atoms with Crippen molar-refractivity contribution in [2.75, 3.05) is 37.3 Å². The molecule has 0 radical (unpaired) electrons. The van der Waals surface area contributed by atoms with E-state index < -0.39 is 27.7 Å². The van der Waals surface area contributed by atoms with Gasteiger partial charge in [0, 0.05) is 32.0 Å². The second kappa shape index (κ2) is 10.8. The molecule has 3 N–H and O–H groups in total. The van der Waals surface area contributed by atoms with E-state index in [2.05, 4.69) is 4.72 Å². The standard InChI is InChI=1S/C21H23ClF3N3O6S/c1-20(31,21(23,24)25)19(30)26-17-9-8-15(12-16(17)22)35(32,33)27-14-6-4-13(5-7-14)18(29)28(2)10-11-34-3/h4-9,12,27,31H,10-11H2,1-3H3,(H,26,30). The maximum Gasteiger partial charge on any atom is 0.426 e. The van der Waals surface area contributed by atoms with Crippen molar-refractivity contribution in [2.45, 2.75) is 23.6 Å². The molecule has 2 amide bonds. The SMILES string of the molecule is COCCN(C)C(=O)c1ccc(NS(=O)(=O)c2ccc(NC(=O)C(C)(O)C(F)(F)F)c(Cl)c2)cc1. The van der Waals surface area contributed by atoms with Gasteiger partial charge >= 0.3 is 6.18 Å². The van der Waals surface area contributed by atoms with Crippen LogP contribution < -0.4 is 10.0 Å². The van der Waals surface area contributed by atoms with Crippen molar-refractivity contribution >= 4 is 44.8 Å². The van der Waals surface area contributed by atoms with E-state index in [4.69, 9.17) is 16.3 Å². The van der Waals surface area contributed by atoms with Crippen LogP contribution in [-0.2, 0) is 19.6 Å². The van der Waals surface area contributed by atoms with Gasteiger partial charge in [0.2, 0.25) is 5.60 Å². The number of alkyl halides is 3. The first-order valence-electron chi connectivity index (χ1n) is 9.87. The Morgan fingerprint density at radius 1 is 1.14 bits per heavy atom. The molecule has 0 saturated heterocycles. The molecule has 2 rings (SSSR count). The fourth-order valence-electron chi connectivity index (χ4n) is 2.58. The lowest BCUT2D eigenvalue weighted by Gasteiger charge is -2.25. The highest BCUT2D eigenvalue weighted by atomic mass is 35.5. The number of nitrogens with zero attached hydrogens (tertiary/aromatic N) is 1. The Morgan fingerprint density at radius 3 is 2.26 bits per heavy atom. The van der Waals surface area contributed by atoms with Crippen molar-refractivity contribution in [3.8, 4) is 0 Å². The summed E-state index contributed by atoms with van der Waals surface area (Å²) in [7, 11) is -1.08. The second-order valence-corrected chi connectivity index (χ2v) is 9.66. The van der Waals surface area contributed by atoms with Gasteiger partial charge in [0.15, 0.2) is 0 Å². The van der Waals surface area contributed by atoms with E-state index in [0.29, 0.717) is 18.7 Å². The number of amides is 2. The van der Waals surface area contributed by atoms with Crippen LogP contribution in [0.15, 0.2) is 47.4 Å². The number of benzene rings is 2. The largest absolute Gasteiger partial charge is 0.426 e. The zero-order chi connectivity index (χ0) is 26.6. The summed E-state index contributed by atoms with van der Waals surface area (Å²) in [5, 5.41) is 10.9. The molecule has 0 fully saturated rings. The van der Waals surface area contributed by atoms with E-state index in [-0.39, 0.29) is 34.1 Å². The predicted molar refractivity (Wildman–Crippen MR) is 123 cm³/mol. The molecule has 2 aromatic carbocycles. The molecule has 0 aliphatic heterocycles. The topological polar surface area (TPSA) is 125 Å². The minimum atomic E-state index is -5.24. The van der Waals surface area contributed by atoms with E-state index in [1.165, 1.54) is 36.3 Å². The fraction of sp³-hybridized carbons (Fsp3) is 0.333. The van der Waals surface area contributed by atoms with Gasteiger partial charge in [0.05, 0.1) is 22.2 Å². The number of carbonyl (C=O) groups excluding carboxylic acids is 2. The van der Waals surface area contributed by atoms with Crippen LogP contribution in [0.1, 0.15) is 17.3 Å². The molecule has 0 aliphatic rings. The molecule has 0 saturated carbocycles.